The van der Waals surface area contributed by atoms with Crippen LogP contribution in [0.15, 0.2) is 18.2 Å². The molecule has 1 unspecified atom stereocenters. The minimum absolute atomic E-state index is 0.166. The van der Waals surface area contributed by atoms with Gasteiger partial charge in [0.15, 0.2) is 0 Å². The Hall–Kier alpha value is -1.39. The van der Waals surface area contributed by atoms with Crippen LogP contribution in [0.5, 0.6) is 0 Å². The number of carbonyl (C=O) groups excluding carboxylic acids is 1. The van der Waals surface area contributed by atoms with E-state index in [0.29, 0.717) is 0 Å². The zero-order chi connectivity index (χ0) is 14.5. The third-order valence-electron chi connectivity index (χ3n) is 3.89. The lowest BCUT2D eigenvalue weighted by Gasteiger charge is -2.29. The maximum absolute atomic E-state index is 12.3. The van der Waals surface area contributed by atoms with Crippen LogP contribution in [-0.2, 0) is 9.53 Å². The first-order valence-corrected chi connectivity index (χ1v) is 7.23. The van der Waals surface area contributed by atoms with Crippen molar-refractivity contribution in [1.29, 1.82) is 0 Å². The van der Waals surface area contributed by atoms with E-state index in [1.54, 1.807) is 0 Å². The van der Waals surface area contributed by atoms with Gasteiger partial charge in [-0.05, 0) is 37.9 Å². The van der Waals surface area contributed by atoms with E-state index >= 15 is 0 Å². The Morgan fingerprint density at radius 1 is 1.30 bits per heavy atom. The average molecular weight is 276 g/mol. The van der Waals surface area contributed by atoms with Gasteiger partial charge in [-0.2, -0.15) is 0 Å². The van der Waals surface area contributed by atoms with Gasteiger partial charge in [0.25, 0.3) is 0 Å². The Labute approximate surface area is 121 Å². The van der Waals surface area contributed by atoms with Crippen LogP contribution in [0, 0.1) is 13.8 Å². The summed E-state index contributed by atoms with van der Waals surface area (Å²) in [7, 11) is 1.47. The van der Waals surface area contributed by atoms with Crippen molar-refractivity contribution in [2.45, 2.75) is 26.3 Å². The molecule has 0 saturated carbocycles. The number of nitrogens with one attached hydrogen (secondary N) is 1. The Balaban J connectivity index is 2.35. The zero-order valence-corrected chi connectivity index (χ0v) is 12.6. The summed E-state index contributed by atoms with van der Waals surface area (Å²) in [5.74, 6) is -0.166. The Bertz CT molecular complexity index is 466. The van der Waals surface area contributed by atoms with E-state index in [-0.39, 0.29) is 12.0 Å². The molecule has 2 rings (SSSR count). The number of hydrogen-bond donors (Lipinski definition) is 1. The number of rotatable bonds is 3. The summed E-state index contributed by atoms with van der Waals surface area (Å²) >= 11 is 0. The summed E-state index contributed by atoms with van der Waals surface area (Å²) in [6.45, 7) is 7.82. The fourth-order valence-electron chi connectivity index (χ4n) is 2.76. The summed E-state index contributed by atoms with van der Waals surface area (Å²) < 4.78 is 5.05. The minimum atomic E-state index is -0.292. The number of ether oxygens (including phenoxy) is 1. The van der Waals surface area contributed by atoms with Crippen LogP contribution in [0.2, 0.25) is 0 Å². The van der Waals surface area contributed by atoms with Gasteiger partial charge >= 0.3 is 5.97 Å². The van der Waals surface area contributed by atoms with E-state index < -0.39 is 0 Å². The van der Waals surface area contributed by atoms with Crippen LogP contribution in [0.1, 0.15) is 29.2 Å². The molecule has 1 aliphatic heterocycles. The number of aryl methyl sites for hydroxylation is 2. The van der Waals surface area contributed by atoms with Crippen LogP contribution in [0.3, 0.4) is 0 Å². The van der Waals surface area contributed by atoms with Crippen molar-refractivity contribution >= 4 is 5.97 Å². The van der Waals surface area contributed by atoms with Crippen molar-refractivity contribution in [3.05, 3.63) is 34.9 Å². The van der Waals surface area contributed by atoms with Gasteiger partial charge in [0.05, 0.1) is 7.11 Å². The summed E-state index contributed by atoms with van der Waals surface area (Å²) in [5, 5.41) is 3.37. The number of carbonyl (C=O) groups is 1. The normalized spacial score (nSPS) is 18.4. The van der Waals surface area contributed by atoms with Gasteiger partial charge in [-0.15, -0.1) is 0 Å². The molecule has 20 heavy (non-hydrogen) atoms. The number of benzene rings is 1. The van der Waals surface area contributed by atoms with Crippen molar-refractivity contribution in [2.24, 2.45) is 0 Å². The molecule has 4 heteroatoms. The maximum Gasteiger partial charge on any atom is 0.327 e. The predicted octanol–water partition coefficient (Wildman–Crippen LogP) is 1.81. The van der Waals surface area contributed by atoms with E-state index in [0.717, 1.165) is 43.7 Å². The first-order chi connectivity index (χ1) is 9.63. The summed E-state index contributed by atoms with van der Waals surface area (Å²) in [6, 6.07) is 5.98. The lowest BCUT2D eigenvalue weighted by Crippen LogP contribution is -2.37. The molecule has 0 aromatic heterocycles. The summed E-state index contributed by atoms with van der Waals surface area (Å²) in [5.41, 5.74) is 3.38. The fourth-order valence-corrected chi connectivity index (χ4v) is 2.76. The zero-order valence-electron chi connectivity index (χ0n) is 12.6. The Kier molecular flexibility index (Phi) is 5.15. The molecule has 1 aliphatic rings. The highest BCUT2D eigenvalue weighted by Gasteiger charge is 2.30. The largest absolute Gasteiger partial charge is 0.468 e. The number of nitrogens with zero attached hydrogens (tertiary/aromatic N) is 1. The number of hydrogen-bond acceptors (Lipinski definition) is 4. The van der Waals surface area contributed by atoms with Crippen molar-refractivity contribution in [3.8, 4) is 0 Å². The monoisotopic (exact) mass is 276 g/mol. The molecular formula is C16H24N2O2. The van der Waals surface area contributed by atoms with E-state index in [1.807, 2.05) is 0 Å². The van der Waals surface area contributed by atoms with Crippen LogP contribution in [-0.4, -0.2) is 44.2 Å². The molecule has 0 radical (unpaired) electrons. The molecule has 4 nitrogen and oxygen atoms in total. The second-order valence-electron chi connectivity index (χ2n) is 5.43. The topological polar surface area (TPSA) is 41.6 Å². The number of methoxy groups -OCH3 is 1. The van der Waals surface area contributed by atoms with Crippen molar-refractivity contribution in [3.63, 3.8) is 0 Å². The highest BCUT2D eigenvalue weighted by molar-refractivity contribution is 5.78. The van der Waals surface area contributed by atoms with E-state index in [9.17, 15) is 4.79 Å². The highest BCUT2D eigenvalue weighted by atomic mass is 16.5. The average Bonchev–Trinajstić information content (AvgIpc) is 2.72. The first kappa shape index (κ1) is 15.0. The first-order valence-electron chi connectivity index (χ1n) is 7.23. The van der Waals surface area contributed by atoms with Crippen LogP contribution < -0.4 is 5.32 Å². The fraction of sp³-hybridized carbons (Fsp3) is 0.562. The van der Waals surface area contributed by atoms with Gasteiger partial charge in [-0.3, -0.25) is 4.90 Å². The van der Waals surface area contributed by atoms with E-state index in [2.05, 4.69) is 42.3 Å². The molecule has 0 bridgehead atoms. The van der Waals surface area contributed by atoms with Gasteiger partial charge in [-0.25, -0.2) is 4.79 Å². The van der Waals surface area contributed by atoms with Crippen LogP contribution in [0.25, 0.3) is 0 Å². The third kappa shape index (κ3) is 3.38. The molecule has 1 N–H and O–H groups in total. The SMILES string of the molecule is COC(=O)C(c1cc(C)ccc1C)N1CCCNCC1. The number of esters is 1. The smallest absolute Gasteiger partial charge is 0.327 e. The standard InChI is InChI=1S/C16H24N2O2/c1-12-5-6-13(2)14(11-12)15(16(19)20-3)18-9-4-7-17-8-10-18/h5-6,11,15,17H,4,7-10H2,1-3H3. The van der Waals surface area contributed by atoms with Gasteiger partial charge < -0.3 is 10.1 Å². The van der Waals surface area contributed by atoms with Crippen molar-refractivity contribution < 1.29 is 9.53 Å². The quantitative estimate of drug-likeness (QED) is 0.855. The maximum atomic E-state index is 12.3. The van der Waals surface area contributed by atoms with Crippen LogP contribution >= 0.6 is 0 Å². The Morgan fingerprint density at radius 3 is 2.85 bits per heavy atom. The van der Waals surface area contributed by atoms with Crippen molar-refractivity contribution in [1.82, 2.24) is 10.2 Å². The lowest BCUT2D eigenvalue weighted by molar-refractivity contribution is -0.147. The van der Waals surface area contributed by atoms with Gasteiger partial charge in [-0.1, -0.05) is 23.8 Å². The van der Waals surface area contributed by atoms with Crippen LogP contribution in [0.4, 0.5) is 0 Å². The molecule has 1 atom stereocenters. The summed E-state index contributed by atoms with van der Waals surface area (Å²) in [4.78, 5) is 14.5. The van der Waals surface area contributed by atoms with E-state index in [4.69, 9.17) is 4.74 Å². The lowest BCUT2D eigenvalue weighted by atomic mass is 9.97. The van der Waals surface area contributed by atoms with Gasteiger partial charge in [0.1, 0.15) is 6.04 Å². The molecule has 0 amide bonds. The summed E-state index contributed by atoms with van der Waals surface area (Å²) in [6.07, 6.45) is 1.05. The third-order valence-corrected chi connectivity index (χ3v) is 3.89. The molecule has 1 aromatic carbocycles. The minimum Gasteiger partial charge on any atom is -0.468 e. The predicted molar refractivity (Wildman–Crippen MR) is 79.7 cm³/mol. The molecular weight excluding hydrogens is 252 g/mol. The highest BCUT2D eigenvalue weighted by Crippen LogP contribution is 2.26. The molecule has 0 spiro atoms. The molecule has 110 valence electrons. The second kappa shape index (κ2) is 6.86. The molecule has 1 aromatic rings. The molecule has 1 heterocycles. The Morgan fingerprint density at radius 2 is 2.10 bits per heavy atom. The molecule has 0 aliphatic carbocycles. The molecule has 1 fully saturated rings. The van der Waals surface area contributed by atoms with Gasteiger partial charge in [0.2, 0.25) is 0 Å². The van der Waals surface area contributed by atoms with E-state index in [1.165, 1.54) is 12.7 Å². The van der Waals surface area contributed by atoms with Gasteiger partial charge in [0, 0.05) is 19.6 Å². The van der Waals surface area contributed by atoms with Crippen molar-refractivity contribution in [2.75, 3.05) is 33.3 Å². The second-order valence-corrected chi connectivity index (χ2v) is 5.43. The molecule has 1 saturated heterocycles.